The molecule has 2 nitrogen and oxygen atoms in total. The Bertz CT molecular complexity index is 577. The van der Waals surface area contributed by atoms with E-state index in [4.69, 9.17) is 0 Å². The van der Waals surface area contributed by atoms with Crippen molar-refractivity contribution in [3.05, 3.63) is 61.6 Å². The Morgan fingerprint density at radius 2 is 2.16 bits per heavy atom. The molecule has 100 valence electrons. The Morgan fingerprint density at radius 1 is 1.37 bits per heavy atom. The van der Waals surface area contributed by atoms with Crippen molar-refractivity contribution in [2.24, 2.45) is 0 Å². The van der Waals surface area contributed by atoms with Crippen LogP contribution in [0.2, 0.25) is 0 Å². The summed E-state index contributed by atoms with van der Waals surface area (Å²) in [5, 5.41) is 3.38. The number of nitrogens with zero attached hydrogens (tertiary/aromatic N) is 1. The van der Waals surface area contributed by atoms with Crippen molar-refractivity contribution in [1.82, 2.24) is 10.3 Å². The van der Waals surface area contributed by atoms with E-state index in [1.165, 1.54) is 12.3 Å². The summed E-state index contributed by atoms with van der Waals surface area (Å²) in [5.74, 6) is -0.314. The SMILES string of the molecule is CCNC(c1cncc(F)c1)c1cc(Br)ccc1I. The maximum atomic E-state index is 13.4. The first-order chi connectivity index (χ1) is 9.11. The molecule has 0 aliphatic heterocycles. The van der Waals surface area contributed by atoms with Gasteiger partial charge in [-0.1, -0.05) is 22.9 Å². The van der Waals surface area contributed by atoms with Crippen LogP contribution < -0.4 is 5.32 Å². The van der Waals surface area contributed by atoms with Crippen LogP contribution in [0.15, 0.2) is 41.1 Å². The van der Waals surface area contributed by atoms with Gasteiger partial charge in [-0.05, 0) is 64.5 Å². The van der Waals surface area contributed by atoms with Crippen LogP contribution in [-0.4, -0.2) is 11.5 Å². The van der Waals surface area contributed by atoms with Crippen molar-refractivity contribution < 1.29 is 4.39 Å². The molecule has 0 saturated heterocycles. The third kappa shape index (κ3) is 3.73. The molecule has 19 heavy (non-hydrogen) atoms. The number of aromatic nitrogens is 1. The van der Waals surface area contributed by atoms with E-state index in [2.05, 4.69) is 54.9 Å². The van der Waals surface area contributed by atoms with Crippen LogP contribution in [-0.2, 0) is 0 Å². The van der Waals surface area contributed by atoms with Crippen LogP contribution in [0.25, 0.3) is 0 Å². The number of rotatable bonds is 4. The first-order valence-electron chi connectivity index (χ1n) is 5.90. The van der Waals surface area contributed by atoms with E-state index in [1.807, 2.05) is 19.1 Å². The van der Waals surface area contributed by atoms with Crippen LogP contribution >= 0.6 is 38.5 Å². The number of benzene rings is 1. The summed E-state index contributed by atoms with van der Waals surface area (Å²) in [4.78, 5) is 3.94. The van der Waals surface area contributed by atoms with Crippen LogP contribution in [0.5, 0.6) is 0 Å². The Balaban J connectivity index is 2.48. The fourth-order valence-electron chi connectivity index (χ4n) is 1.93. The highest BCUT2D eigenvalue weighted by molar-refractivity contribution is 14.1. The summed E-state index contributed by atoms with van der Waals surface area (Å²) < 4.78 is 15.5. The fourth-order valence-corrected chi connectivity index (χ4v) is 2.96. The summed E-state index contributed by atoms with van der Waals surface area (Å²) in [5.41, 5.74) is 1.95. The van der Waals surface area contributed by atoms with E-state index in [-0.39, 0.29) is 11.9 Å². The predicted octanol–water partition coefficient (Wildman–Crippen LogP) is 4.29. The lowest BCUT2D eigenvalue weighted by atomic mass is 10.0. The van der Waals surface area contributed by atoms with Gasteiger partial charge in [-0.2, -0.15) is 0 Å². The molecule has 0 amide bonds. The Hall–Kier alpha value is -0.530. The maximum Gasteiger partial charge on any atom is 0.141 e. The van der Waals surface area contributed by atoms with E-state index < -0.39 is 0 Å². The van der Waals surface area contributed by atoms with Gasteiger partial charge in [0.05, 0.1) is 12.2 Å². The van der Waals surface area contributed by atoms with Crippen molar-refractivity contribution in [2.45, 2.75) is 13.0 Å². The zero-order valence-corrected chi connectivity index (χ0v) is 14.1. The molecule has 1 heterocycles. The highest BCUT2D eigenvalue weighted by Gasteiger charge is 2.17. The van der Waals surface area contributed by atoms with Gasteiger partial charge in [0, 0.05) is 14.2 Å². The maximum absolute atomic E-state index is 13.4. The zero-order valence-electron chi connectivity index (χ0n) is 10.3. The minimum Gasteiger partial charge on any atom is -0.306 e. The van der Waals surface area contributed by atoms with Gasteiger partial charge in [0.1, 0.15) is 5.82 Å². The number of hydrogen-bond donors (Lipinski definition) is 1. The molecule has 0 fully saturated rings. The molecule has 0 radical (unpaired) electrons. The molecule has 0 spiro atoms. The molecule has 1 atom stereocenters. The molecule has 0 aliphatic rings. The lowest BCUT2D eigenvalue weighted by molar-refractivity contribution is 0.595. The standard InChI is InChI=1S/C14H13BrFIN2/c1-2-19-14(9-5-11(16)8-18-7-9)12-6-10(15)3-4-13(12)17/h3-8,14,19H,2H2,1H3. The summed E-state index contributed by atoms with van der Waals surface area (Å²) in [6, 6.07) is 7.56. The van der Waals surface area contributed by atoms with Gasteiger partial charge < -0.3 is 5.32 Å². The van der Waals surface area contributed by atoms with Gasteiger partial charge in [-0.3, -0.25) is 4.98 Å². The highest BCUT2D eigenvalue weighted by atomic mass is 127. The number of pyridine rings is 1. The second-order valence-electron chi connectivity index (χ2n) is 4.09. The zero-order chi connectivity index (χ0) is 13.8. The van der Waals surface area contributed by atoms with E-state index in [9.17, 15) is 4.39 Å². The van der Waals surface area contributed by atoms with Crippen LogP contribution in [0.3, 0.4) is 0 Å². The predicted molar refractivity (Wildman–Crippen MR) is 86.6 cm³/mol. The third-order valence-electron chi connectivity index (χ3n) is 2.74. The van der Waals surface area contributed by atoms with Crippen molar-refractivity contribution in [3.8, 4) is 0 Å². The Morgan fingerprint density at radius 3 is 2.84 bits per heavy atom. The molecule has 0 aliphatic carbocycles. The van der Waals surface area contributed by atoms with Gasteiger partial charge >= 0.3 is 0 Å². The lowest BCUT2D eigenvalue weighted by Crippen LogP contribution is -2.23. The molecule has 5 heteroatoms. The van der Waals surface area contributed by atoms with Gasteiger partial charge in [-0.25, -0.2) is 4.39 Å². The number of hydrogen-bond acceptors (Lipinski definition) is 2. The Kier molecular flexibility index (Phi) is 5.29. The molecule has 1 aromatic heterocycles. The topological polar surface area (TPSA) is 24.9 Å². The average molecular weight is 435 g/mol. The normalized spacial score (nSPS) is 12.4. The molecule has 1 N–H and O–H groups in total. The Labute approximate surface area is 134 Å². The van der Waals surface area contributed by atoms with Gasteiger partial charge in [-0.15, -0.1) is 0 Å². The average Bonchev–Trinajstić information content (AvgIpc) is 2.39. The summed E-state index contributed by atoms with van der Waals surface area (Å²) >= 11 is 5.77. The number of halogens is 3. The van der Waals surface area contributed by atoms with Crippen LogP contribution in [0, 0.1) is 9.39 Å². The summed E-state index contributed by atoms with van der Waals surface area (Å²) in [7, 11) is 0. The van der Waals surface area contributed by atoms with Crippen LogP contribution in [0.4, 0.5) is 4.39 Å². The summed E-state index contributed by atoms with van der Waals surface area (Å²) in [6.07, 6.45) is 2.92. The quantitative estimate of drug-likeness (QED) is 0.726. The molecule has 2 aromatic rings. The first kappa shape index (κ1) is 14.9. The van der Waals surface area contributed by atoms with Crippen molar-refractivity contribution >= 4 is 38.5 Å². The molecule has 2 rings (SSSR count). The summed E-state index contributed by atoms with van der Waals surface area (Å²) in [6.45, 7) is 2.83. The van der Waals surface area contributed by atoms with Crippen molar-refractivity contribution in [2.75, 3.05) is 6.54 Å². The van der Waals surface area contributed by atoms with E-state index in [0.717, 1.165) is 25.7 Å². The van der Waals surface area contributed by atoms with Gasteiger partial charge in [0.25, 0.3) is 0 Å². The minimum absolute atomic E-state index is 0.0578. The van der Waals surface area contributed by atoms with E-state index >= 15 is 0 Å². The van der Waals surface area contributed by atoms with Gasteiger partial charge in [0.15, 0.2) is 0 Å². The van der Waals surface area contributed by atoms with Crippen LogP contribution in [0.1, 0.15) is 24.1 Å². The molecule has 1 unspecified atom stereocenters. The monoisotopic (exact) mass is 434 g/mol. The first-order valence-corrected chi connectivity index (χ1v) is 7.77. The van der Waals surface area contributed by atoms with Crippen molar-refractivity contribution in [1.29, 1.82) is 0 Å². The molecule has 0 saturated carbocycles. The lowest BCUT2D eigenvalue weighted by Gasteiger charge is -2.20. The smallest absolute Gasteiger partial charge is 0.141 e. The minimum atomic E-state index is -0.314. The fraction of sp³-hybridized carbons (Fsp3) is 0.214. The molecular weight excluding hydrogens is 422 g/mol. The molecular formula is C14H13BrFIN2. The third-order valence-corrected chi connectivity index (χ3v) is 4.21. The van der Waals surface area contributed by atoms with Gasteiger partial charge in [0.2, 0.25) is 0 Å². The van der Waals surface area contributed by atoms with E-state index in [1.54, 1.807) is 6.20 Å². The second-order valence-corrected chi connectivity index (χ2v) is 6.17. The highest BCUT2D eigenvalue weighted by Crippen LogP contribution is 2.28. The number of nitrogens with one attached hydrogen (secondary N) is 1. The largest absolute Gasteiger partial charge is 0.306 e. The van der Waals surface area contributed by atoms with Crippen molar-refractivity contribution in [3.63, 3.8) is 0 Å². The molecule has 1 aromatic carbocycles. The molecule has 0 bridgehead atoms. The van der Waals surface area contributed by atoms with E-state index in [0.29, 0.717) is 0 Å². The second kappa shape index (κ2) is 6.76.